The molecule has 3 rings (SSSR count). The maximum absolute atomic E-state index is 12.4. The van der Waals surface area contributed by atoms with Crippen molar-refractivity contribution in [3.63, 3.8) is 0 Å². The lowest BCUT2D eigenvalue weighted by molar-refractivity contribution is -0.125. The summed E-state index contributed by atoms with van der Waals surface area (Å²) in [5, 5.41) is 6.42. The van der Waals surface area contributed by atoms with Crippen LogP contribution in [0.4, 0.5) is 0 Å². The molecule has 0 aromatic heterocycles. The number of carbonyl (C=O) groups is 1. The van der Waals surface area contributed by atoms with E-state index in [9.17, 15) is 13.2 Å². The number of aliphatic imine (C=N–C) groups is 1. The Morgan fingerprint density at radius 1 is 1.22 bits per heavy atom. The molecule has 170 valence electrons. The van der Waals surface area contributed by atoms with Crippen molar-refractivity contribution in [1.82, 2.24) is 15.5 Å². The van der Waals surface area contributed by atoms with Gasteiger partial charge >= 0.3 is 0 Å². The van der Waals surface area contributed by atoms with Gasteiger partial charge in [-0.05, 0) is 23.8 Å². The van der Waals surface area contributed by atoms with E-state index in [0.29, 0.717) is 11.6 Å². The van der Waals surface area contributed by atoms with Crippen molar-refractivity contribution < 1.29 is 13.2 Å². The molecule has 2 N–H and O–H groups in total. The molecule has 0 saturated heterocycles. The number of hydrogen-bond donors (Lipinski definition) is 2. The van der Waals surface area contributed by atoms with Crippen molar-refractivity contribution in [2.24, 2.45) is 4.99 Å². The lowest BCUT2D eigenvalue weighted by Gasteiger charge is -2.15. The Morgan fingerprint density at radius 2 is 1.97 bits per heavy atom. The SMILES string of the molecule is CN(Cc1ccc(C2=NCCN2)cc1)C(=O)/C=C/CNCS(=O)(=O)c1cc(Cl)ccc1Cl. The van der Waals surface area contributed by atoms with Crippen LogP contribution in [0.1, 0.15) is 11.1 Å². The van der Waals surface area contributed by atoms with Gasteiger partial charge in [0.05, 0.1) is 16.5 Å². The van der Waals surface area contributed by atoms with Crippen LogP contribution in [0.15, 0.2) is 64.5 Å². The standard InChI is InChI=1S/C22H24Cl2N4O3S/c1-28(14-16-4-6-17(7-5-16)22-26-11-12-27-22)21(29)3-2-10-25-15-32(30,31)20-13-18(23)8-9-19(20)24/h2-9,13,25H,10-12,14-15H2,1H3,(H,26,27)/b3-2+. The molecule has 2 aromatic rings. The van der Waals surface area contributed by atoms with Gasteiger partial charge in [0.15, 0.2) is 9.84 Å². The summed E-state index contributed by atoms with van der Waals surface area (Å²) in [5.41, 5.74) is 2.03. The van der Waals surface area contributed by atoms with Crippen molar-refractivity contribution in [3.05, 3.63) is 75.8 Å². The minimum absolute atomic E-state index is 0.0271. The van der Waals surface area contributed by atoms with Crippen LogP contribution in [0, 0.1) is 0 Å². The second-order valence-corrected chi connectivity index (χ2v) is 10.0. The fourth-order valence-corrected chi connectivity index (χ4v) is 4.99. The van der Waals surface area contributed by atoms with E-state index in [0.717, 1.165) is 30.1 Å². The Morgan fingerprint density at radius 3 is 2.66 bits per heavy atom. The number of halogens is 2. The second kappa shape index (κ2) is 11.0. The highest BCUT2D eigenvalue weighted by Gasteiger charge is 2.18. The van der Waals surface area contributed by atoms with Crippen LogP contribution in [0.25, 0.3) is 0 Å². The maximum Gasteiger partial charge on any atom is 0.246 e. The summed E-state index contributed by atoms with van der Waals surface area (Å²) in [6, 6.07) is 12.2. The maximum atomic E-state index is 12.4. The third-order valence-electron chi connectivity index (χ3n) is 4.74. The molecule has 2 aromatic carbocycles. The van der Waals surface area contributed by atoms with Gasteiger partial charge in [-0.25, -0.2) is 8.42 Å². The Balaban J connectivity index is 1.46. The molecule has 0 radical (unpaired) electrons. The minimum atomic E-state index is -3.65. The molecule has 0 atom stereocenters. The Labute approximate surface area is 198 Å². The van der Waals surface area contributed by atoms with Gasteiger partial charge in [0, 0.05) is 43.3 Å². The molecule has 32 heavy (non-hydrogen) atoms. The highest BCUT2D eigenvalue weighted by Crippen LogP contribution is 2.25. The van der Waals surface area contributed by atoms with Gasteiger partial charge in [0.2, 0.25) is 5.91 Å². The van der Waals surface area contributed by atoms with Gasteiger partial charge in [-0.1, -0.05) is 53.5 Å². The van der Waals surface area contributed by atoms with E-state index in [2.05, 4.69) is 15.6 Å². The molecular weight excluding hydrogens is 471 g/mol. The molecule has 0 bridgehead atoms. The van der Waals surface area contributed by atoms with Gasteiger partial charge in [-0.2, -0.15) is 0 Å². The van der Waals surface area contributed by atoms with E-state index in [1.165, 1.54) is 24.3 Å². The quantitative estimate of drug-likeness (QED) is 0.413. The highest BCUT2D eigenvalue weighted by atomic mass is 35.5. The van der Waals surface area contributed by atoms with Crippen molar-refractivity contribution in [2.75, 3.05) is 32.6 Å². The first-order valence-corrected chi connectivity index (χ1v) is 12.3. The van der Waals surface area contributed by atoms with Gasteiger partial charge in [-0.3, -0.25) is 15.1 Å². The summed E-state index contributed by atoms with van der Waals surface area (Å²) in [6.07, 6.45) is 3.00. The summed E-state index contributed by atoms with van der Waals surface area (Å²) in [4.78, 5) is 18.3. The number of amidine groups is 1. The summed E-state index contributed by atoms with van der Waals surface area (Å²) >= 11 is 11.8. The monoisotopic (exact) mass is 494 g/mol. The lowest BCUT2D eigenvalue weighted by atomic mass is 10.1. The number of rotatable bonds is 9. The number of benzene rings is 2. The normalized spacial score (nSPS) is 13.8. The summed E-state index contributed by atoms with van der Waals surface area (Å²) in [7, 11) is -1.94. The van der Waals surface area contributed by atoms with Crippen LogP contribution < -0.4 is 10.6 Å². The van der Waals surface area contributed by atoms with Crippen LogP contribution in [0.3, 0.4) is 0 Å². The number of nitrogens with zero attached hydrogens (tertiary/aromatic N) is 2. The third-order valence-corrected chi connectivity index (χ3v) is 7.01. The average Bonchev–Trinajstić information content (AvgIpc) is 3.30. The van der Waals surface area contributed by atoms with E-state index in [-0.39, 0.29) is 28.2 Å². The van der Waals surface area contributed by atoms with Gasteiger partial charge in [0.25, 0.3) is 0 Å². The van der Waals surface area contributed by atoms with Crippen molar-refractivity contribution in [1.29, 1.82) is 0 Å². The van der Waals surface area contributed by atoms with Gasteiger partial charge in [0.1, 0.15) is 11.7 Å². The van der Waals surface area contributed by atoms with E-state index in [4.69, 9.17) is 23.2 Å². The average molecular weight is 495 g/mol. The topological polar surface area (TPSA) is 90.9 Å². The fraction of sp³-hybridized carbons (Fsp3) is 0.273. The van der Waals surface area contributed by atoms with E-state index >= 15 is 0 Å². The van der Waals surface area contributed by atoms with Crippen LogP contribution >= 0.6 is 23.2 Å². The van der Waals surface area contributed by atoms with Crippen LogP contribution in [0.2, 0.25) is 10.0 Å². The molecule has 0 spiro atoms. The summed E-state index contributed by atoms with van der Waals surface area (Å²) < 4.78 is 24.8. The van der Waals surface area contributed by atoms with Gasteiger partial charge in [-0.15, -0.1) is 0 Å². The van der Waals surface area contributed by atoms with Crippen LogP contribution in [0.5, 0.6) is 0 Å². The molecule has 0 unspecified atom stereocenters. The van der Waals surface area contributed by atoms with E-state index < -0.39 is 9.84 Å². The Kier molecular flexibility index (Phi) is 8.31. The molecular formula is C22H24Cl2N4O3S. The number of amides is 1. The smallest absolute Gasteiger partial charge is 0.246 e. The van der Waals surface area contributed by atoms with Crippen molar-refractivity contribution in [3.8, 4) is 0 Å². The summed E-state index contributed by atoms with van der Waals surface area (Å²) in [6.45, 7) is 2.31. The van der Waals surface area contributed by atoms with E-state index in [1.54, 1.807) is 18.0 Å². The van der Waals surface area contributed by atoms with Crippen LogP contribution in [-0.2, 0) is 21.2 Å². The molecule has 1 amide bonds. The number of hydrogen-bond acceptors (Lipinski definition) is 6. The van der Waals surface area contributed by atoms with Gasteiger partial charge < -0.3 is 10.2 Å². The molecule has 1 aliphatic rings. The predicted molar refractivity (Wildman–Crippen MR) is 128 cm³/mol. The lowest BCUT2D eigenvalue weighted by Crippen LogP contribution is -2.26. The zero-order chi connectivity index (χ0) is 23.1. The van der Waals surface area contributed by atoms with Crippen molar-refractivity contribution >= 4 is 44.8 Å². The molecule has 7 nitrogen and oxygen atoms in total. The van der Waals surface area contributed by atoms with Crippen LogP contribution in [-0.4, -0.2) is 57.6 Å². The first kappa shape index (κ1) is 24.3. The minimum Gasteiger partial charge on any atom is -0.368 e. The fourth-order valence-electron chi connectivity index (χ4n) is 3.07. The number of carbonyl (C=O) groups excluding carboxylic acids is 1. The van der Waals surface area contributed by atoms with E-state index in [1.807, 2.05) is 24.3 Å². The molecule has 10 heteroatoms. The molecule has 1 aliphatic heterocycles. The van der Waals surface area contributed by atoms with Crippen molar-refractivity contribution in [2.45, 2.75) is 11.4 Å². The zero-order valence-corrected chi connectivity index (χ0v) is 19.8. The molecule has 0 aliphatic carbocycles. The molecule has 0 saturated carbocycles. The predicted octanol–water partition coefficient (Wildman–Crippen LogP) is 2.88. The Hall–Kier alpha value is -2.39. The first-order chi connectivity index (χ1) is 15.3. The number of sulfone groups is 1. The first-order valence-electron chi connectivity index (χ1n) is 9.94. The number of likely N-dealkylation sites (N-methyl/N-ethyl adjacent to an activating group) is 1. The summed E-state index contributed by atoms with van der Waals surface area (Å²) in [5.74, 6) is 0.392. The molecule has 0 fully saturated rings. The molecule has 1 heterocycles. The highest BCUT2D eigenvalue weighted by molar-refractivity contribution is 7.91. The Bertz CT molecular complexity index is 1130. The largest absolute Gasteiger partial charge is 0.368 e. The zero-order valence-electron chi connectivity index (χ0n) is 17.5. The third kappa shape index (κ3) is 6.56. The number of nitrogens with one attached hydrogen (secondary N) is 2. The second-order valence-electron chi connectivity index (χ2n) is 7.24.